The van der Waals surface area contributed by atoms with Crippen molar-refractivity contribution in [3.05, 3.63) is 127 Å². The minimum Gasteiger partial charge on any atom is -0.208 e. The number of thiophene rings is 2. The van der Waals surface area contributed by atoms with E-state index in [0.717, 1.165) is 22.1 Å². The number of hydrogen-bond acceptors (Lipinski definition) is 5. The Kier molecular flexibility index (Phi) is 5.24. The molecule has 0 aliphatic rings. The van der Waals surface area contributed by atoms with Crippen molar-refractivity contribution >= 4 is 73.8 Å². The Morgan fingerprint density at radius 2 is 0.762 bits per heavy atom. The Labute approximate surface area is 249 Å². The van der Waals surface area contributed by atoms with Gasteiger partial charge in [-0.1, -0.05) is 97.1 Å². The van der Waals surface area contributed by atoms with E-state index in [2.05, 4.69) is 127 Å². The van der Waals surface area contributed by atoms with Crippen LogP contribution in [0.4, 0.5) is 0 Å². The van der Waals surface area contributed by atoms with Crippen molar-refractivity contribution in [1.29, 1.82) is 0 Å². The van der Waals surface area contributed by atoms with Gasteiger partial charge in [0.25, 0.3) is 0 Å². The van der Waals surface area contributed by atoms with Gasteiger partial charge in [0.05, 0.1) is 0 Å². The van der Waals surface area contributed by atoms with Gasteiger partial charge in [-0.05, 0) is 41.1 Å². The highest BCUT2D eigenvalue weighted by molar-refractivity contribution is 7.26. The maximum Gasteiger partial charge on any atom is 0.164 e. The van der Waals surface area contributed by atoms with E-state index < -0.39 is 0 Å². The van der Waals surface area contributed by atoms with Gasteiger partial charge in [0.2, 0.25) is 0 Å². The van der Waals surface area contributed by atoms with E-state index in [4.69, 9.17) is 15.0 Å². The Morgan fingerprint density at radius 1 is 0.333 bits per heavy atom. The van der Waals surface area contributed by atoms with Crippen molar-refractivity contribution in [3.8, 4) is 34.2 Å². The lowest BCUT2D eigenvalue weighted by molar-refractivity contribution is 1.08. The molecule has 9 rings (SSSR count). The van der Waals surface area contributed by atoms with E-state index in [-0.39, 0.29) is 0 Å². The molecule has 0 radical (unpaired) electrons. The molecule has 0 aliphatic heterocycles. The minimum atomic E-state index is 0.675. The molecule has 0 amide bonds. The highest BCUT2D eigenvalue weighted by atomic mass is 32.1. The summed E-state index contributed by atoms with van der Waals surface area (Å²) in [6.45, 7) is 0. The molecule has 0 aliphatic carbocycles. The molecule has 42 heavy (non-hydrogen) atoms. The fourth-order valence-corrected chi connectivity index (χ4v) is 8.11. The van der Waals surface area contributed by atoms with Gasteiger partial charge < -0.3 is 0 Å². The molecular weight excluding hydrogens is 551 g/mol. The van der Waals surface area contributed by atoms with Crippen LogP contribution in [0.1, 0.15) is 0 Å². The van der Waals surface area contributed by atoms with Gasteiger partial charge in [-0.3, -0.25) is 0 Å². The largest absolute Gasteiger partial charge is 0.208 e. The molecule has 0 unspecified atom stereocenters. The monoisotopic (exact) mass is 571 g/mol. The smallest absolute Gasteiger partial charge is 0.164 e. The molecule has 0 saturated heterocycles. The number of nitrogens with zero attached hydrogens (tertiary/aromatic N) is 3. The zero-order valence-electron chi connectivity index (χ0n) is 22.3. The summed E-state index contributed by atoms with van der Waals surface area (Å²) in [7, 11) is 0. The number of rotatable bonds is 3. The predicted octanol–water partition coefficient (Wildman–Crippen LogP) is 10.8. The summed E-state index contributed by atoms with van der Waals surface area (Å²) in [4.78, 5) is 15.2. The van der Waals surface area contributed by atoms with Crippen LogP contribution in [0.2, 0.25) is 0 Å². The van der Waals surface area contributed by atoms with Gasteiger partial charge in [0, 0.05) is 57.0 Å². The van der Waals surface area contributed by atoms with E-state index >= 15 is 0 Å². The lowest BCUT2D eigenvalue weighted by atomic mass is 10.1. The van der Waals surface area contributed by atoms with Gasteiger partial charge in [-0.25, -0.2) is 15.0 Å². The highest BCUT2D eigenvalue weighted by Crippen LogP contribution is 2.38. The van der Waals surface area contributed by atoms with Gasteiger partial charge in [0.1, 0.15) is 0 Å². The average molecular weight is 572 g/mol. The first kappa shape index (κ1) is 23.7. The number of benzene rings is 6. The quantitative estimate of drug-likeness (QED) is 0.212. The predicted molar refractivity (Wildman–Crippen MR) is 179 cm³/mol. The molecule has 0 N–H and O–H groups in total. The van der Waals surface area contributed by atoms with Crippen LogP contribution < -0.4 is 0 Å². The first-order chi connectivity index (χ1) is 20.8. The summed E-state index contributed by atoms with van der Waals surface area (Å²) in [5.74, 6) is 2.03. The van der Waals surface area contributed by atoms with E-state index in [9.17, 15) is 0 Å². The highest BCUT2D eigenvalue weighted by Gasteiger charge is 2.15. The van der Waals surface area contributed by atoms with E-state index in [1.165, 1.54) is 45.7 Å². The lowest BCUT2D eigenvalue weighted by Gasteiger charge is -2.09. The minimum absolute atomic E-state index is 0.675. The fourth-order valence-electron chi connectivity index (χ4n) is 5.82. The van der Waals surface area contributed by atoms with Crippen molar-refractivity contribution in [2.75, 3.05) is 0 Å². The Balaban J connectivity index is 1.25. The second-order valence-corrected chi connectivity index (χ2v) is 12.7. The van der Waals surface area contributed by atoms with Gasteiger partial charge >= 0.3 is 0 Å². The molecule has 5 heteroatoms. The standard InChI is InChI=1S/C37H21N3S2/c1-2-8-23-19-24(14-13-22(23)7-1)35-38-36(25-15-17-29-27-9-3-5-11-31(27)41-33(29)20-25)40-37(39-35)26-16-18-30-28-10-4-6-12-32(28)42-34(30)21-26/h1-21H. The molecule has 3 nitrogen and oxygen atoms in total. The third-order valence-electron chi connectivity index (χ3n) is 7.92. The average Bonchev–Trinajstić information content (AvgIpc) is 3.61. The number of fused-ring (bicyclic) bond motifs is 7. The van der Waals surface area contributed by atoms with Crippen LogP contribution >= 0.6 is 22.7 Å². The molecule has 0 spiro atoms. The molecule has 3 aromatic heterocycles. The molecular formula is C37H21N3S2. The van der Waals surface area contributed by atoms with Crippen molar-refractivity contribution in [2.45, 2.75) is 0 Å². The second kappa shape index (κ2) is 9.28. The number of aromatic nitrogens is 3. The summed E-state index contributed by atoms with van der Waals surface area (Å²) in [5, 5.41) is 7.46. The van der Waals surface area contributed by atoms with Crippen molar-refractivity contribution in [2.24, 2.45) is 0 Å². The number of hydrogen-bond donors (Lipinski definition) is 0. The third-order valence-corrected chi connectivity index (χ3v) is 10.2. The molecule has 3 heterocycles. The summed E-state index contributed by atoms with van der Waals surface area (Å²) < 4.78 is 5.04. The van der Waals surface area contributed by atoms with Crippen LogP contribution in [-0.2, 0) is 0 Å². The zero-order valence-corrected chi connectivity index (χ0v) is 23.9. The molecule has 0 bridgehead atoms. The molecule has 196 valence electrons. The van der Waals surface area contributed by atoms with Crippen molar-refractivity contribution in [3.63, 3.8) is 0 Å². The maximum absolute atomic E-state index is 5.07. The van der Waals surface area contributed by atoms with Gasteiger partial charge in [0.15, 0.2) is 17.5 Å². The lowest BCUT2D eigenvalue weighted by Crippen LogP contribution is -2.00. The first-order valence-corrected chi connectivity index (χ1v) is 15.5. The van der Waals surface area contributed by atoms with Crippen LogP contribution in [-0.4, -0.2) is 15.0 Å². The van der Waals surface area contributed by atoms with Crippen LogP contribution in [0.5, 0.6) is 0 Å². The summed E-state index contributed by atoms with van der Waals surface area (Å²) in [5.41, 5.74) is 2.95. The fraction of sp³-hybridized carbons (Fsp3) is 0. The SMILES string of the molecule is c1ccc2cc(-c3nc(-c4ccc5c(c4)sc4ccccc45)nc(-c4ccc5c(c4)sc4ccccc45)n3)ccc2c1. The maximum atomic E-state index is 5.07. The summed E-state index contributed by atoms with van der Waals surface area (Å²) in [6.07, 6.45) is 0. The van der Waals surface area contributed by atoms with Crippen LogP contribution in [0.25, 0.3) is 85.3 Å². The van der Waals surface area contributed by atoms with Crippen molar-refractivity contribution < 1.29 is 0 Å². The Bertz CT molecular complexity index is 2360. The zero-order chi connectivity index (χ0) is 27.6. The van der Waals surface area contributed by atoms with Crippen LogP contribution in [0.15, 0.2) is 127 Å². The molecule has 0 fully saturated rings. The summed E-state index contributed by atoms with van der Waals surface area (Å²) in [6, 6.07) is 45.1. The molecule has 9 aromatic rings. The van der Waals surface area contributed by atoms with Crippen LogP contribution in [0.3, 0.4) is 0 Å². The van der Waals surface area contributed by atoms with Crippen LogP contribution in [0, 0.1) is 0 Å². The normalized spacial score (nSPS) is 11.8. The van der Waals surface area contributed by atoms with E-state index in [0.29, 0.717) is 17.5 Å². The Hall–Kier alpha value is -4.97. The van der Waals surface area contributed by atoms with E-state index in [1.807, 2.05) is 0 Å². The first-order valence-electron chi connectivity index (χ1n) is 13.9. The van der Waals surface area contributed by atoms with E-state index in [1.54, 1.807) is 22.7 Å². The van der Waals surface area contributed by atoms with Crippen molar-refractivity contribution in [1.82, 2.24) is 15.0 Å². The molecule has 0 saturated carbocycles. The Morgan fingerprint density at radius 3 is 1.33 bits per heavy atom. The second-order valence-electron chi connectivity index (χ2n) is 10.5. The van der Waals surface area contributed by atoms with Gasteiger partial charge in [-0.15, -0.1) is 22.7 Å². The van der Waals surface area contributed by atoms with Gasteiger partial charge in [-0.2, -0.15) is 0 Å². The topological polar surface area (TPSA) is 38.7 Å². The third kappa shape index (κ3) is 3.82. The summed E-state index contributed by atoms with van der Waals surface area (Å²) >= 11 is 3.61. The molecule has 6 aromatic carbocycles. The molecule has 0 atom stereocenters.